The largest absolute Gasteiger partial charge is 0.462 e. The molecular formula is C24H36O7. The fraction of sp³-hybridized carbons (Fsp3) is 0.875. The van der Waals surface area contributed by atoms with Crippen LogP contribution in [0.25, 0.3) is 0 Å². The molecule has 2 bridgehead atoms. The lowest BCUT2D eigenvalue weighted by Gasteiger charge is -2.67. The topological polar surface area (TPSA) is 110 Å². The number of fused-ring (bicyclic) bond motifs is 3. The molecule has 7 heteroatoms. The molecule has 4 aliphatic carbocycles. The maximum absolute atomic E-state index is 13.7. The molecule has 0 radical (unpaired) electrons. The lowest BCUT2D eigenvalue weighted by Crippen LogP contribution is -2.73. The van der Waals surface area contributed by atoms with Gasteiger partial charge in [0.1, 0.15) is 18.0 Å². The van der Waals surface area contributed by atoms with Gasteiger partial charge in [0.15, 0.2) is 0 Å². The molecule has 174 valence electrons. The van der Waals surface area contributed by atoms with Gasteiger partial charge in [-0.2, -0.15) is 0 Å². The number of esters is 2. The molecule has 7 nitrogen and oxygen atoms in total. The quantitative estimate of drug-likeness (QED) is 0.639. The molecule has 0 amide bonds. The van der Waals surface area contributed by atoms with Crippen LogP contribution in [0, 0.1) is 39.9 Å². The smallest absolute Gasteiger partial charge is 0.302 e. The molecule has 4 saturated carbocycles. The van der Waals surface area contributed by atoms with Crippen LogP contribution in [0.4, 0.5) is 0 Å². The molecule has 0 aliphatic heterocycles. The molecule has 10 atom stereocenters. The zero-order chi connectivity index (χ0) is 23.1. The van der Waals surface area contributed by atoms with Crippen molar-refractivity contribution in [3.8, 4) is 0 Å². The molecule has 4 rings (SSSR count). The summed E-state index contributed by atoms with van der Waals surface area (Å²) in [6.45, 7) is 10.8. The summed E-state index contributed by atoms with van der Waals surface area (Å²) in [6, 6.07) is 0. The van der Waals surface area contributed by atoms with Crippen LogP contribution in [0.2, 0.25) is 0 Å². The summed E-state index contributed by atoms with van der Waals surface area (Å²) in [5.41, 5.74) is -2.33. The molecule has 0 saturated heterocycles. The minimum absolute atomic E-state index is 0.0748. The minimum atomic E-state index is -1.42. The maximum atomic E-state index is 13.7. The van der Waals surface area contributed by atoms with E-state index in [1.54, 1.807) is 6.92 Å². The summed E-state index contributed by atoms with van der Waals surface area (Å²) in [6.07, 6.45) is -1.03. The van der Waals surface area contributed by atoms with E-state index in [0.717, 1.165) is 6.42 Å². The average Bonchev–Trinajstić information content (AvgIpc) is 2.76. The Morgan fingerprint density at radius 2 is 1.65 bits per heavy atom. The van der Waals surface area contributed by atoms with Crippen LogP contribution in [-0.4, -0.2) is 52.4 Å². The SMILES string of the molecule is CC(=O)O[C@@H]1C[C@@H]2[C@@H](C)C(=O)[C@]3([C@H](O)C[C@H]4C(C)(C)CC[C@@H](OC(C)=O)[C@@]4(C)[C@@H]13)[C@H]2O. The van der Waals surface area contributed by atoms with E-state index in [0.29, 0.717) is 19.3 Å². The summed E-state index contributed by atoms with van der Waals surface area (Å²) in [5.74, 6) is -2.51. The lowest BCUT2D eigenvalue weighted by atomic mass is 9.38. The van der Waals surface area contributed by atoms with Gasteiger partial charge in [0, 0.05) is 31.1 Å². The first-order valence-corrected chi connectivity index (χ1v) is 11.5. The summed E-state index contributed by atoms with van der Waals surface area (Å²) in [4.78, 5) is 37.9. The van der Waals surface area contributed by atoms with Gasteiger partial charge in [0.25, 0.3) is 0 Å². The van der Waals surface area contributed by atoms with Gasteiger partial charge < -0.3 is 19.7 Å². The molecule has 0 heterocycles. The normalized spacial score (nSPS) is 50.3. The highest BCUT2D eigenvalue weighted by Gasteiger charge is 2.78. The Hall–Kier alpha value is -1.47. The maximum Gasteiger partial charge on any atom is 0.302 e. The van der Waals surface area contributed by atoms with Crippen molar-refractivity contribution in [3.05, 3.63) is 0 Å². The molecule has 0 unspecified atom stereocenters. The van der Waals surface area contributed by atoms with E-state index in [1.165, 1.54) is 13.8 Å². The molecule has 0 aromatic rings. The van der Waals surface area contributed by atoms with Crippen molar-refractivity contribution < 1.29 is 34.1 Å². The van der Waals surface area contributed by atoms with E-state index >= 15 is 0 Å². The Morgan fingerprint density at radius 3 is 2.23 bits per heavy atom. The van der Waals surface area contributed by atoms with Gasteiger partial charge in [0.05, 0.1) is 17.6 Å². The van der Waals surface area contributed by atoms with Crippen LogP contribution in [0.5, 0.6) is 0 Å². The number of hydrogen-bond acceptors (Lipinski definition) is 7. The number of Topliss-reactive ketones (excluding diaryl/α,β-unsaturated/α-hetero) is 1. The number of aliphatic hydroxyl groups is 2. The average molecular weight is 437 g/mol. The molecule has 1 spiro atoms. The van der Waals surface area contributed by atoms with E-state index in [4.69, 9.17) is 9.47 Å². The van der Waals surface area contributed by atoms with Gasteiger partial charge in [-0.25, -0.2) is 0 Å². The zero-order valence-corrected chi connectivity index (χ0v) is 19.4. The van der Waals surface area contributed by atoms with Crippen LogP contribution in [0.1, 0.15) is 67.2 Å². The summed E-state index contributed by atoms with van der Waals surface area (Å²) in [5, 5.41) is 22.9. The predicted molar refractivity (Wildman–Crippen MR) is 111 cm³/mol. The van der Waals surface area contributed by atoms with Crippen molar-refractivity contribution in [2.45, 2.75) is 91.6 Å². The van der Waals surface area contributed by atoms with Crippen molar-refractivity contribution in [2.24, 2.45) is 39.9 Å². The summed E-state index contributed by atoms with van der Waals surface area (Å²) in [7, 11) is 0. The first-order valence-electron chi connectivity index (χ1n) is 11.5. The summed E-state index contributed by atoms with van der Waals surface area (Å²) < 4.78 is 11.7. The van der Waals surface area contributed by atoms with Gasteiger partial charge in [0.2, 0.25) is 0 Å². The Balaban J connectivity index is 1.96. The van der Waals surface area contributed by atoms with Crippen LogP contribution < -0.4 is 0 Å². The Bertz CT molecular complexity index is 806. The number of rotatable bonds is 2. The highest BCUT2D eigenvalue weighted by atomic mass is 16.6. The molecule has 0 aromatic heterocycles. The van der Waals surface area contributed by atoms with E-state index in [-0.39, 0.29) is 23.0 Å². The molecule has 4 aliphatic rings. The molecular weight excluding hydrogens is 400 g/mol. The van der Waals surface area contributed by atoms with Gasteiger partial charge in [-0.1, -0.05) is 27.7 Å². The third kappa shape index (κ3) is 2.81. The van der Waals surface area contributed by atoms with Crippen molar-refractivity contribution >= 4 is 17.7 Å². The number of aliphatic hydroxyl groups excluding tert-OH is 2. The van der Waals surface area contributed by atoms with E-state index in [2.05, 4.69) is 13.8 Å². The highest BCUT2D eigenvalue weighted by Crippen LogP contribution is 2.71. The number of ether oxygens (including phenoxy) is 2. The number of ketones is 1. The fourth-order valence-electron chi connectivity index (χ4n) is 8.41. The monoisotopic (exact) mass is 436 g/mol. The second-order valence-electron chi connectivity index (χ2n) is 11.4. The number of hydrogen-bond donors (Lipinski definition) is 2. The van der Waals surface area contributed by atoms with Crippen molar-refractivity contribution in [2.75, 3.05) is 0 Å². The first-order chi connectivity index (χ1) is 14.3. The molecule has 2 N–H and O–H groups in total. The first kappa shape index (κ1) is 22.7. The molecule has 0 aromatic carbocycles. The van der Waals surface area contributed by atoms with Crippen LogP contribution in [0.15, 0.2) is 0 Å². The van der Waals surface area contributed by atoms with Crippen LogP contribution >= 0.6 is 0 Å². The van der Waals surface area contributed by atoms with Crippen molar-refractivity contribution in [1.82, 2.24) is 0 Å². The van der Waals surface area contributed by atoms with Gasteiger partial charge >= 0.3 is 11.9 Å². The van der Waals surface area contributed by atoms with Crippen LogP contribution in [0.3, 0.4) is 0 Å². The van der Waals surface area contributed by atoms with Gasteiger partial charge in [-0.3, -0.25) is 14.4 Å². The minimum Gasteiger partial charge on any atom is -0.462 e. The third-order valence-electron chi connectivity index (χ3n) is 9.51. The Kier molecular flexibility index (Phi) is 5.14. The van der Waals surface area contributed by atoms with Crippen LogP contribution in [-0.2, 0) is 23.9 Å². The second kappa shape index (κ2) is 7.01. The number of carbonyl (C=O) groups is 3. The van der Waals surface area contributed by atoms with Gasteiger partial charge in [-0.15, -0.1) is 0 Å². The summed E-state index contributed by atoms with van der Waals surface area (Å²) >= 11 is 0. The van der Waals surface area contributed by atoms with Gasteiger partial charge in [-0.05, 0) is 42.9 Å². The molecule has 31 heavy (non-hydrogen) atoms. The van der Waals surface area contributed by atoms with E-state index in [1.807, 2.05) is 6.92 Å². The number of carbonyl (C=O) groups excluding carboxylic acids is 3. The zero-order valence-electron chi connectivity index (χ0n) is 19.4. The molecule has 4 fully saturated rings. The third-order valence-corrected chi connectivity index (χ3v) is 9.51. The Morgan fingerprint density at radius 1 is 1.03 bits per heavy atom. The van der Waals surface area contributed by atoms with Crippen molar-refractivity contribution in [1.29, 1.82) is 0 Å². The lowest BCUT2D eigenvalue weighted by molar-refractivity contribution is -0.279. The van der Waals surface area contributed by atoms with Crippen molar-refractivity contribution in [3.63, 3.8) is 0 Å². The van der Waals surface area contributed by atoms with E-state index in [9.17, 15) is 24.6 Å². The fourth-order valence-corrected chi connectivity index (χ4v) is 8.41. The Labute approximate surface area is 183 Å². The predicted octanol–water partition coefficient (Wildman–Crippen LogP) is 2.26. The van der Waals surface area contributed by atoms with E-state index < -0.39 is 59.0 Å². The highest BCUT2D eigenvalue weighted by molar-refractivity contribution is 5.92. The second-order valence-corrected chi connectivity index (χ2v) is 11.4. The standard InChI is InChI=1S/C24H36O7/c1-11-14-9-15(30-12(2)25)19-23(6)16(10-17(27)24(19,20(11)28)21(14)29)22(4,5)8-7-18(23)31-13(3)26/h11,14-19,21,27,29H,7-10H2,1-6H3/t11-,14-,15-,16+,17-,18-,19-,21+,23+,24-/m1/s1.